The minimum Gasteiger partial charge on any atom is -0.493 e. The normalized spacial score (nSPS) is 13.8. The fourth-order valence-corrected chi connectivity index (χ4v) is 1.83. The van der Waals surface area contributed by atoms with Crippen molar-refractivity contribution in [3.63, 3.8) is 0 Å². The molecule has 17 heavy (non-hydrogen) atoms. The van der Waals surface area contributed by atoms with Crippen molar-refractivity contribution in [2.45, 2.75) is 53.1 Å². The summed E-state index contributed by atoms with van der Waals surface area (Å²) in [7, 11) is 1.67. The SMILES string of the molecule is CCCn1ncc(OC)c1C(N)C(C)(C)CC. The lowest BCUT2D eigenvalue weighted by Gasteiger charge is -2.31. The molecule has 0 aromatic carbocycles. The molecule has 1 atom stereocenters. The van der Waals surface area contributed by atoms with Gasteiger partial charge in [-0.05, 0) is 18.3 Å². The molecule has 0 bridgehead atoms. The van der Waals surface area contributed by atoms with Crippen LogP contribution in [0, 0.1) is 5.41 Å². The van der Waals surface area contributed by atoms with Gasteiger partial charge < -0.3 is 10.5 Å². The van der Waals surface area contributed by atoms with Crippen molar-refractivity contribution in [3.05, 3.63) is 11.9 Å². The monoisotopic (exact) mass is 239 g/mol. The first-order valence-corrected chi connectivity index (χ1v) is 6.33. The average molecular weight is 239 g/mol. The van der Waals surface area contributed by atoms with Gasteiger partial charge in [0.15, 0.2) is 5.75 Å². The molecular weight excluding hydrogens is 214 g/mol. The van der Waals surface area contributed by atoms with Crippen LogP contribution in [0.25, 0.3) is 0 Å². The first-order valence-electron chi connectivity index (χ1n) is 6.33. The Labute approximate surface area is 104 Å². The maximum Gasteiger partial charge on any atom is 0.161 e. The molecule has 0 aliphatic heterocycles. The summed E-state index contributed by atoms with van der Waals surface area (Å²) in [5, 5.41) is 4.36. The number of nitrogens with two attached hydrogens (primary N) is 1. The zero-order chi connectivity index (χ0) is 13.1. The Bertz CT molecular complexity index is 358. The molecule has 0 fully saturated rings. The number of methoxy groups -OCH3 is 1. The van der Waals surface area contributed by atoms with Gasteiger partial charge in [0.1, 0.15) is 0 Å². The lowest BCUT2D eigenvalue weighted by molar-refractivity contribution is 0.258. The molecule has 1 aromatic heterocycles. The van der Waals surface area contributed by atoms with Crippen molar-refractivity contribution >= 4 is 0 Å². The Morgan fingerprint density at radius 2 is 2.12 bits per heavy atom. The van der Waals surface area contributed by atoms with Gasteiger partial charge in [0.25, 0.3) is 0 Å². The van der Waals surface area contributed by atoms with Gasteiger partial charge in [-0.3, -0.25) is 4.68 Å². The molecule has 4 heteroatoms. The summed E-state index contributed by atoms with van der Waals surface area (Å²) in [5.41, 5.74) is 7.45. The fourth-order valence-electron chi connectivity index (χ4n) is 1.83. The van der Waals surface area contributed by atoms with Gasteiger partial charge >= 0.3 is 0 Å². The molecule has 1 heterocycles. The second-order valence-corrected chi connectivity index (χ2v) is 5.14. The highest BCUT2D eigenvalue weighted by Gasteiger charge is 2.31. The third-order valence-electron chi connectivity index (χ3n) is 3.55. The van der Waals surface area contributed by atoms with Crippen LogP contribution in [0.3, 0.4) is 0 Å². The van der Waals surface area contributed by atoms with Crippen molar-refractivity contribution in [2.24, 2.45) is 11.1 Å². The van der Waals surface area contributed by atoms with Gasteiger partial charge in [0, 0.05) is 6.54 Å². The summed E-state index contributed by atoms with van der Waals surface area (Å²) < 4.78 is 7.34. The van der Waals surface area contributed by atoms with E-state index in [1.807, 2.05) is 4.68 Å². The second kappa shape index (κ2) is 5.54. The molecule has 0 saturated carbocycles. The Morgan fingerprint density at radius 1 is 1.47 bits per heavy atom. The summed E-state index contributed by atoms with van der Waals surface area (Å²) in [4.78, 5) is 0. The maximum absolute atomic E-state index is 6.39. The van der Waals surface area contributed by atoms with E-state index in [1.165, 1.54) is 0 Å². The van der Waals surface area contributed by atoms with E-state index < -0.39 is 0 Å². The molecule has 0 spiro atoms. The van der Waals surface area contributed by atoms with Crippen LogP contribution in [0.5, 0.6) is 5.75 Å². The van der Waals surface area contributed by atoms with E-state index in [2.05, 4.69) is 32.8 Å². The van der Waals surface area contributed by atoms with Crippen molar-refractivity contribution < 1.29 is 4.74 Å². The zero-order valence-electron chi connectivity index (χ0n) is 11.7. The topological polar surface area (TPSA) is 53.1 Å². The quantitative estimate of drug-likeness (QED) is 0.830. The Morgan fingerprint density at radius 3 is 2.59 bits per heavy atom. The molecule has 1 rings (SSSR count). The molecular formula is C13H25N3O. The molecule has 0 radical (unpaired) electrons. The van der Waals surface area contributed by atoms with Crippen LogP contribution in [0.15, 0.2) is 6.20 Å². The number of ether oxygens (including phenoxy) is 1. The third kappa shape index (κ3) is 2.80. The molecule has 4 nitrogen and oxygen atoms in total. The number of hydrogen-bond acceptors (Lipinski definition) is 3. The molecule has 1 unspecified atom stereocenters. The Kier molecular flexibility index (Phi) is 4.57. The number of aromatic nitrogens is 2. The van der Waals surface area contributed by atoms with Crippen LogP contribution in [-0.2, 0) is 6.54 Å². The van der Waals surface area contributed by atoms with Crippen molar-refractivity contribution in [2.75, 3.05) is 7.11 Å². The predicted molar refractivity (Wildman–Crippen MR) is 70.1 cm³/mol. The summed E-state index contributed by atoms with van der Waals surface area (Å²) in [6.07, 6.45) is 3.82. The van der Waals surface area contributed by atoms with Gasteiger partial charge in [-0.25, -0.2) is 0 Å². The Hall–Kier alpha value is -1.03. The molecule has 2 N–H and O–H groups in total. The first-order chi connectivity index (χ1) is 7.97. The van der Waals surface area contributed by atoms with E-state index in [4.69, 9.17) is 10.5 Å². The van der Waals surface area contributed by atoms with Gasteiger partial charge in [-0.1, -0.05) is 27.7 Å². The highest BCUT2D eigenvalue weighted by atomic mass is 16.5. The summed E-state index contributed by atoms with van der Waals surface area (Å²) in [5.74, 6) is 0.799. The molecule has 0 amide bonds. The highest BCUT2D eigenvalue weighted by Crippen LogP contribution is 2.38. The van der Waals surface area contributed by atoms with E-state index in [1.54, 1.807) is 13.3 Å². The van der Waals surface area contributed by atoms with Gasteiger partial charge in [-0.15, -0.1) is 0 Å². The standard InChI is InChI=1S/C13H25N3O/c1-6-8-16-11(10(17-5)9-15-16)12(14)13(3,4)7-2/h9,12H,6-8,14H2,1-5H3. The highest BCUT2D eigenvalue weighted by molar-refractivity contribution is 5.29. The van der Waals surface area contributed by atoms with Crippen LogP contribution in [0.1, 0.15) is 52.3 Å². The maximum atomic E-state index is 6.39. The average Bonchev–Trinajstić information content (AvgIpc) is 2.71. The van der Waals surface area contributed by atoms with Crippen molar-refractivity contribution in [3.8, 4) is 5.75 Å². The van der Waals surface area contributed by atoms with Crippen LogP contribution < -0.4 is 10.5 Å². The predicted octanol–water partition coefficient (Wildman–Crippen LogP) is 2.74. The molecule has 0 aliphatic carbocycles. The zero-order valence-corrected chi connectivity index (χ0v) is 11.7. The van der Waals surface area contributed by atoms with Crippen LogP contribution in [0.2, 0.25) is 0 Å². The summed E-state index contributed by atoms with van der Waals surface area (Å²) >= 11 is 0. The number of rotatable bonds is 6. The second-order valence-electron chi connectivity index (χ2n) is 5.14. The summed E-state index contributed by atoms with van der Waals surface area (Å²) in [6, 6.07) is -0.0588. The molecule has 1 aromatic rings. The van der Waals surface area contributed by atoms with E-state index in [9.17, 15) is 0 Å². The fraction of sp³-hybridized carbons (Fsp3) is 0.769. The molecule has 0 saturated heterocycles. The largest absolute Gasteiger partial charge is 0.493 e. The van der Waals surface area contributed by atoms with E-state index >= 15 is 0 Å². The number of aryl methyl sites for hydroxylation is 1. The van der Waals surface area contributed by atoms with Crippen molar-refractivity contribution in [1.82, 2.24) is 9.78 Å². The van der Waals surface area contributed by atoms with Gasteiger partial charge in [0.05, 0.1) is 25.0 Å². The van der Waals surface area contributed by atoms with Crippen LogP contribution in [-0.4, -0.2) is 16.9 Å². The van der Waals surface area contributed by atoms with Crippen LogP contribution in [0.4, 0.5) is 0 Å². The smallest absolute Gasteiger partial charge is 0.161 e. The minimum atomic E-state index is -0.0588. The van der Waals surface area contributed by atoms with E-state index in [0.29, 0.717) is 0 Å². The molecule has 98 valence electrons. The third-order valence-corrected chi connectivity index (χ3v) is 3.55. The minimum absolute atomic E-state index is 0.0405. The lowest BCUT2D eigenvalue weighted by Crippen LogP contribution is -2.31. The van der Waals surface area contributed by atoms with Gasteiger partial charge in [-0.2, -0.15) is 5.10 Å². The van der Waals surface area contributed by atoms with Gasteiger partial charge in [0.2, 0.25) is 0 Å². The summed E-state index contributed by atoms with van der Waals surface area (Å²) in [6.45, 7) is 9.54. The van der Waals surface area contributed by atoms with E-state index in [0.717, 1.165) is 30.8 Å². The number of nitrogens with zero attached hydrogens (tertiary/aromatic N) is 2. The number of hydrogen-bond donors (Lipinski definition) is 1. The Balaban J connectivity index is 3.13. The molecule has 0 aliphatic rings. The van der Waals surface area contributed by atoms with Crippen molar-refractivity contribution in [1.29, 1.82) is 0 Å². The lowest BCUT2D eigenvalue weighted by atomic mass is 9.80. The van der Waals surface area contributed by atoms with Crippen LogP contribution >= 0.6 is 0 Å². The van der Waals surface area contributed by atoms with E-state index in [-0.39, 0.29) is 11.5 Å². The first kappa shape index (κ1) is 14.0.